The average molecular weight is 250 g/mol. The van der Waals surface area contributed by atoms with Crippen LogP contribution >= 0.6 is 0 Å². The largest absolute Gasteiger partial charge is 0.368 e. The number of likely N-dealkylation sites (tertiary alicyclic amines) is 1. The molecule has 1 aromatic carbocycles. The van der Waals surface area contributed by atoms with E-state index in [1.54, 1.807) is 19.1 Å². The van der Waals surface area contributed by atoms with E-state index < -0.39 is 23.7 Å². The van der Waals surface area contributed by atoms with Crippen molar-refractivity contribution in [1.82, 2.24) is 4.90 Å². The van der Waals surface area contributed by atoms with Crippen molar-refractivity contribution in [1.29, 1.82) is 0 Å². The molecule has 96 valence electrons. The lowest BCUT2D eigenvalue weighted by molar-refractivity contribution is -0.121. The second kappa shape index (κ2) is 4.76. The van der Waals surface area contributed by atoms with Gasteiger partial charge in [-0.2, -0.15) is 0 Å². The summed E-state index contributed by atoms with van der Waals surface area (Å²) in [6.45, 7) is 2.04. The molecule has 1 atom stereocenters. The fourth-order valence-corrected chi connectivity index (χ4v) is 2.27. The fraction of sp³-hybridized carbons (Fsp3) is 0.385. The van der Waals surface area contributed by atoms with Gasteiger partial charge in [-0.05, 0) is 31.4 Å². The maximum absolute atomic E-state index is 13.9. The lowest BCUT2D eigenvalue weighted by Gasteiger charge is -2.22. The van der Waals surface area contributed by atoms with Crippen LogP contribution in [-0.2, 0) is 4.79 Å². The minimum atomic E-state index is -0.614. The topological polar surface area (TPSA) is 63.4 Å². The molecule has 1 aliphatic rings. The summed E-state index contributed by atoms with van der Waals surface area (Å²) < 4.78 is 13.9. The number of carbonyl (C=O) groups is 2. The molecule has 0 radical (unpaired) electrons. The second-order valence-corrected chi connectivity index (χ2v) is 4.50. The van der Waals surface area contributed by atoms with E-state index in [0.717, 1.165) is 0 Å². The zero-order chi connectivity index (χ0) is 13.3. The summed E-state index contributed by atoms with van der Waals surface area (Å²) >= 11 is 0. The lowest BCUT2D eigenvalue weighted by Crippen LogP contribution is -2.44. The third-order valence-corrected chi connectivity index (χ3v) is 3.26. The minimum absolute atomic E-state index is 0.00292. The van der Waals surface area contributed by atoms with E-state index in [0.29, 0.717) is 24.9 Å². The monoisotopic (exact) mass is 250 g/mol. The molecular weight excluding hydrogens is 235 g/mol. The molecule has 1 fully saturated rings. The van der Waals surface area contributed by atoms with Crippen molar-refractivity contribution in [2.24, 2.45) is 5.73 Å². The maximum atomic E-state index is 13.9. The zero-order valence-electron chi connectivity index (χ0n) is 10.1. The van der Waals surface area contributed by atoms with Gasteiger partial charge in [0.25, 0.3) is 5.91 Å². The van der Waals surface area contributed by atoms with Gasteiger partial charge < -0.3 is 10.6 Å². The van der Waals surface area contributed by atoms with Crippen LogP contribution in [0.2, 0.25) is 0 Å². The van der Waals surface area contributed by atoms with Crippen LogP contribution < -0.4 is 5.73 Å². The summed E-state index contributed by atoms with van der Waals surface area (Å²) in [6, 6.07) is 4.04. The molecule has 4 nitrogen and oxygen atoms in total. The number of halogens is 1. The van der Waals surface area contributed by atoms with Gasteiger partial charge in [0.2, 0.25) is 5.91 Å². The summed E-state index contributed by atoms with van der Waals surface area (Å²) in [6.07, 6.45) is 1.27. The molecular formula is C13H15FN2O2. The van der Waals surface area contributed by atoms with Crippen molar-refractivity contribution >= 4 is 11.8 Å². The van der Waals surface area contributed by atoms with E-state index in [2.05, 4.69) is 0 Å². The first-order chi connectivity index (χ1) is 8.52. The molecule has 5 heteroatoms. The Kier molecular flexibility index (Phi) is 3.32. The van der Waals surface area contributed by atoms with Crippen LogP contribution in [0, 0.1) is 12.7 Å². The van der Waals surface area contributed by atoms with E-state index in [9.17, 15) is 14.0 Å². The summed E-state index contributed by atoms with van der Waals surface area (Å²) in [4.78, 5) is 24.8. The molecule has 18 heavy (non-hydrogen) atoms. The molecule has 2 rings (SSSR count). The van der Waals surface area contributed by atoms with Crippen molar-refractivity contribution in [2.45, 2.75) is 25.8 Å². The van der Waals surface area contributed by atoms with Crippen LogP contribution in [0.5, 0.6) is 0 Å². The lowest BCUT2D eigenvalue weighted by atomic mass is 10.1. The molecule has 0 spiro atoms. The molecule has 2 amide bonds. The van der Waals surface area contributed by atoms with Gasteiger partial charge in [-0.3, -0.25) is 9.59 Å². The highest BCUT2D eigenvalue weighted by atomic mass is 19.1. The molecule has 1 aromatic rings. The van der Waals surface area contributed by atoms with Gasteiger partial charge in [0.05, 0.1) is 5.56 Å². The van der Waals surface area contributed by atoms with Gasteiger partial charge in [0.1, 0.15) is 11.9 Å². The summed E-state index contributed by atoms with van der Waals surface area (Å²) in [5.41, 5.74) is 5.66. The Hall–Kier alpha value is -1.91. The van der Waals surface area contributed by atoms with Gasteiger partial charge in [0.15, 0.2) is 0 Å². The fourth-order valence-electron chi connectivity index (χ4n) is 2.27. The number of amides is 2. The van der Waals surface area contributed by atoms with Gasteiger partial charge in [-0.1, -0.05) is 12.1 Å². The number of carbonyl (C=O) groups excluding carboxylic acids is 2. The number of nitrogens with zero attached hydrogens (tertiary/aromatic N) is 1. The third kappa shape index (κ3) is 2.08. The standard InChI is InChI=1S/C13H15FN2O2/c1-8-4-2-5-9(11(8)14)13(18)16-7-3-6-10(16)12(15)17/h2,4-5,10H,3,6-7H2,1H3,(H2,15,17). The Morgan fingerprint density at radius 1 is 1.44 bits per heavy atom. The van der Waals surface area contributed by atoms with Crippen LogP contribution in [0.4, 0.5) is 4.39 Å². The Morgan fingerprint density at radius 2 is 2.17 bits per heavy atom. The summed E-state index contributed by atoms with van der Waals surface area (Å²) in [7, 11) is 0. The molecule has 0 bridgehead atoms. The molecule has 0 aromatic heterocycles. The predicted molar refractivity (Wildman–Crippen MR) is 64.4 cm³/mol. The highest BCUT2D eigenvalue weighted by Crippen LogP contribution is 2.22. The Balaban J connectivity index is 2.31. The van der Waals surface area contributed by atoms with Gasteiger partial charge >= 0.3 is 0 Å². The van der Waals surface area contributed by atoms with Gasteiger partial charge in [0, 0.05) is 6.54 Å². The Bertz CT molecular complexity index is 502. The molecule has 1 unspecified atom stereocenters. The molecule has 0 aliphatic carbocycles. The normalized spacial score (nSPS) is 19.0. The van der Waals surface area contributed by atoms with Crippen molar-refractivity contribution in [3.8, 4) is 0 Å². The first-order valence-corrected chi connectivity index (χ1v) is 5.87. The number of nitrogens with two attached hydrogens (primary N) is 1. The van der Waals surface area contributed by atoms with Crippen molar-refractivity contribution in [3.05, 3.63) is 35.1 Å². The number of primary amides is 1. The van der Waals surface area contributed by atoms with Crippen LogP contribution in [0.1, 0.15) is 28.8 Å². The third-order valence-electron chi connectivity index (χ3n) is 3.26. The molecule has 0 saturated carbocycles. The van der Waals surface area contributed by atoms with E-state index in [1.165, 1.54) is 11.0 Å². The summed E-state index contributed by atoms with van der Waals surface area (Å²) in [5, 5.41) is 0. The minimum Gasteiger partial charge on any atom is -0.368 e. The summed E-state index contributed by atoms with van der Waals surface area (Å²) in [5.74, 6) is -1.52. The quantitative estimate of drug-likeness (QED) is 0.857. The van der Waals surface area contributed by atoms with E-state index in [-0.39, 0.29) is 5.56 Å². The number of rotatable bonds is 2. The van der Waals surface area contributed by atoms with Crippen LogP contribution in [0.3, 0.4) is 0 Å². The van der Waals surface area contributed by atoms with Crippen molar-refractivity contribution < 1.29 is 14.0 Å². The first kappa shape index (κ1) is 12.5. The SMILES string of the molecule is Cc1cccc(C(=O)N2CCCC2C(N)=O)c1F. The van der Waals surface area contributed by atoms with Crippen LogP contribution in [0.25, 0.3) is 0 Å². The molecule has 1 saturated heterocycles. The van der Waals surface area contributed by atoms with E-state index >= 15 is 0 Å². The number of hydrogen-bond acceptors (Lipinski definition) is 2. The Labute approximate surface area is 105 Å². The van der Waals surface area contributed by atoms with E-state index in [4.69, 9.17) is 5.73 Å². The molecule has 2 N–H and O–H groups in total. The van der Waals surface area contributed by atoms with Gasteiger partial charge in [-0.15, -0.1) is 0 Å². The van der Waals surface area contributed by atoms with Crippen LogP contribution in [0.15, 0.2) is 18.2 Å². The molecule has 1 heterocycles. The zero-order valence-corrected chi connectivity index (χ0v) is 10.1. The predicted octanol–water partition coefficient (Wildman–Crippen LogP) is 1.22. The highest BCUT2D eigenvalue weighted by molar-refractivity contribution is 5.98. The van der Waals surface area contributed by atoms with Crippen molar-refractivity contribution in [2.75, 3.05) is 6.54 Å². The number of hydrogen-bond donors (Lipinski definition) is 1. The van der Waals surface area contributed by atoms with Crippen molar-refractivity contribution in [3.63, 3.8) is 0 Å². The Morgan fingerprint density at radius 3 is 2.83 bits per heavy atom. The van der Waals surface area contributed by atoms with Gasteiger partial charge in [-0.25, -0.2) is 4.39 Å². The van der Waals surface area contributed by atoms with E-state index in [1.807, 2.05) is 0 Å². The average Bonchev–Trinajstić information content (AvgIpc) is 2.81. The highest BCUT2D eigenvalue weighted by Gasteiger charge is 2.34. The second-order valence-electron chi connectivity index (χ2n) is 4.50. The number of aryl methyl sites for hydroxylation is 1. The smallest absolute Gasteiger partial charge is 0.257 e. The number of benzene rings is 1. The van der Waals surface area contributed by atoms with Crippen LogP contribution in [-0.4, -0.2) is 29.3 Å². The maximum Gasteiger partial charge on any atom is 0.257 e. The molecule has 1 aliphatic heterocycles. The first-order valence-electron chi connectivity index (χ1n) is 5.87.